The lowest BCUT2D eigenvalue weighted by atomic mass is 10.1. The molecule has 1 aromatic carbocycles. The number of nitrogens with zero attached hydrogens (tertiary/aromatic N) is 6. The van der Waals surface area contributed by atoms with Crippen LogP contribution in [-0.2, 0) is 12.3 Å². The van der Waals surface area contributed by atoms with Gasteiger partial charge in [0.2, 0.25) is 11.7 Å². The minimum absolute atomic E-state index is 0.535. The van der Waals surface area contributed by atoms with Crippen molar-refractivity contribution in [2.45, 2.75) is 31.3 Å². The third-order valence-electron chi connectivity index (χ3n) is 4.07. The van der Waals surface area contributed by atoms with Crippen molar-refractivity contribution in [1.82, 2.24) is 29.9 Å². The number of thioether (sulfide) groups is 1. The van der Waals surface area contributed by atoms with Gasteiger partial charge < -0.3 is 9.09 Å². The van der Waals surface area contributed by atoms with E-state index in [1.54, 1.807) is 12.4 Å². The van der Waals surface area contributed by atoms with Gasteiger partial charge in [0.15, 0.2) is 11.0 Å². The number of pyridine rings is 1. The van der Waals surface area contributed by atoms with Crippen molar-refractivity contribution in [1.29, 1.82) is 0 Å². The molecule has 3 heterocycles. The zero-order valence-corrected chi connectivity index (χ0v) is 15.8. The van der Waals surface area contributed by atoms with Gasteiger partial charge in [-0.25, -0.2) is 0 Å². The molecule has 0 aliphatic carbocycles. The summed E-state index contributed by atoms with van der Waals surface area (Å²) in [6.07, 6.45) is 3.50. The maximum Gasteiger partial charge on any atom is 0.237 e. The largest absolute Gasteiger partial charge is 0.338 e. The summed E-state index contributed by atoms with van der Waals surface area (Å²) in [5, 5.41) is 13.5. The molecule has 0 bridgehead atoms. The van der Waals surface area contributed by atoms with Gasteiger partial charge in [-0.2, -0.15) is 4.98 Å². The van der Waals surface area contributed by atoms with Crippen molar-refractivity contribution >= 4 is 11.8 Å². The summed E-state index contributed by atoms with van der Waals surface area (Å²) in [4.78, 5) is 8.53. The van der Waals surface area contributed by atoms with E-state index in [9.17, 15) is 0 Å². The van der Waals surface area contributed by atoms with Gasteiger partial charge in [0.05, 0.1) is 5.75 Å². The molecule has 0 amide bonds. The van der Waals surface area contributed by atoms with Crippen LogP contribution in [0.4, 0.5) is 0 Å². The first kappa shape index (κ1) is 17.4. The van der Waals surface area contributed by atoms with E-state index in [4.69, 9.17) is 4.52 Å². The van der Waals surface area contributed by atoms with Crippen LogP contribution >= 0.6 is 11.8 Å². The van der Waals surface area contributed by atoms with Crippen molar-refractivity contribution in [3.8, 4) is 22.8 Å². The standard InChI is InChI=1S/C19H18N6OS/c1-3-25-18(15-8-10-20-11-9-15)22-23-19(25)27-12-16-21-17(24-26-16)14-6-4-13(2)5-7-14/h4-11H,3,12H2,1-2H3. The van der Waals surface area contributed by atoms with E-state index >= 15 is 0 Å². The number of benzene rings is 1. The van der Waals surface area contributed by atoms with Gasteiger partial charge in [-0.15, -0.1) is 10.2 Å². The molecule has 0 unspecified atom stereocenters. The number of aromatic nitrogens is 6. The fraction of sp³-hybridized carbons (Fsp3) is 0.211. The molecule has 0 saturated carbocycles. The van der Waals surface area contributed by atoms with Crippen molar-refractivity contribution in [2.24, 2.45) is 0 Å². The lowest BCUT2D eigenvalue weighted by Gasteiger charge is -2.06. The van der Waals surface area contributed by atoms with Crippen LogP contribution in [-0.4, -0.2) is 29.9 Å². The molecule has 0 saturated heterocycles. The third kappa shape index (κ3) is 3.75. The summed E-state index contributed by atoms with van der Waals surface area (Å²) >= 11 is 1.53. The third-order valence-corrected chi connectivity index (χ3v) is 5.03. The van der Waals surface area contributed by atoms with Crippen molar-refractivity contribution < 1.29 is 4.52 Å². The maximum absolute atomic E-state index is 5.39. The summed E-state index contributed by atoms with van der Waals surface area (Å²) in [5.41, 5.74) is 3.13. The first-order chi connectivity index (χ1) is 13.2. The smallest absolute Gasteiger partial charge is 0.237 e. The molecular weight excluding hydrogens is 360 g/mol. The zero-order chi connectivity index (χ0) is 18.6. The van der Waals surface area contributed by atoms with Gasteiger partial charge >= 0.3 is 0 Å². The normalized spacial score (nSPS) is 11.0. The molecule has 0 radical (unpaired) electrons. The van der Waals surface area contributed by atoms with Crippen LogP contribution < -0.4 is 0 Å². The van der Waals surface area contributed by atoms with Crippen molar-refractivity contribution in [2.75, 3.05) is 0 Å². The van der Waals surface area contributed by atoms with Gasteiger partial charge in [0.1, 0.15) is 0 Å². The number of hydrogen-bond acceptors (Lipinski definition) is 7. The lowest BCUT2D eigenvalue weighted by molar-refractivity contribution is 0.391. The summed E-state index contributed by atoms with van der Waals surface area (Å²) in [6, 6.07) is 11.9. The van der Waals surface area contributed by atoms with Crippen LogP contribution in [0.2, 0.25) is 0 Å². The molecule has 4 aromatic rings. The highest BCUT2D eigenvalue weighted by Gasteiger charge is 2.15. The van der Waals surface area contributed by atoms with Gasteiger partial charge in [-0.1, -0.05) is 46.7 Å². The van der Waals surface area contributed by atoms with Gasteiger partial charge in [-0.05, 0) is 26.0 Å². The Morgan fingerprint density at radius 1 is 1.00 bits per heavy atom. The quantitative estimate of drug-likeness (QED) is 0.469. The second kappa shape index (κ2) is 7.71. The van der Waals surface area contributed by atoms with Gasteiger partial charge in [0.25, 0.3) is 0 Å². The van der Waals surface area contributed by atoms with Crippen LogP contribution in [0.5, 0.6) is 0 Å². The van der Waals surface area contributed by atoms with Crippen LogP contribution in [0, 0.1) is 6.92 Å². The Balaban J connectivity index is 1.50. The molecular formula is C19H18N6OS. The average Bonchev–Trinajstić information content (AvgIpc) is 3.34. The van der Waals surface area contributed by atoms with Crippen LogP contribution in [0.15, 0.2) is 58.5 Å². The Morgan fingerprint density at radius 2 is 1.78 bits per heavy atom. The molecule has 0 atom stereocenters. The summed E-state index contributed by atoms with van der Waals surface area (Å²) in [5.74, 6) is 2.52. The minimum Gasteiger partial charge on any atom is -0.338 e. The molecule has 3 aromatic heterocycles. The highest BCUT2D eigenvalue weighted by Crippen LogP contribution is 2.26. The second-order valence-electron chi connectivity index (χ2n) is 5.95. The molecule has 0 fully saturated rings. The summed E-state index contributed by atoms with van der Waals surface area (Å²) in [6.45, 7) is 4.89. The molecule has 7 nitrogen and oxygen atoms in total. The fourth-order valence-corrected chi connectivity index (χ4v) is 3.49. The Hall–Kier alpha value is -3.00. The zero-order valence-electron chi connectivity index (χ0n) is 15.0. The van der Waals surface area contributed by atoms with Gasteiger partial charge in [-0.3, -0.25) is 4.98 Å². The Labute approximate surface area is 160 Å². The topological polar surface area (TPSA) is 82.5 Å². The average molecular weight is 378 g/mol. The van der Waals surface area contributed by atoms with E-state index in [-0.39, 0.29) is 0 Å². The first-order valence-corrected chi connectivity index (χ1v) is 9.59. The van der Waals surface area contributed by atoms with E-state index in [2.05, 4.69) is 36.8 Å². The molecule has 136 valence electrons. The molecule has 0 spiro atoms. The minimum atomic E-state index is 0.535. The van der Waals surface area contributed by atoms with E-state index in [0.29, 0.717) is 17.5 Å². The Kier molecular flexibility index (Phi) is 4.97. The summed E-state index contributed by atoms with van der Waals surface area (Å²) in [7, 11) is 0. The van der Waals surface area contributed by atoms with Crippen LogP contribution in [0.25, 0.3) is 22.8 Å². The van der Waals surface area contributed by atoms with E-state index in [1.165, 1.54) is 17.3 Å². The Morgan fingerprint density at radius 3 is 2.52 bits per heavy atom. The highest BCUT2D eigenvalue weighted by molar-refractivity contribution is 7.98. The second-order valence-corrected chi connectivity index (χ2v) is 6.90. The van der Waals surface area contributed by atoms with E-state index < -0.39 is 0 Å². The molecule has 0 aliphatic heterocycles. The number of hydrogen-bond donors (Lipinski definition) is 0. The first-order valence-electron chi connectivity index (χ1n) is 8.60. The highest BCUT2D eigenvalue weighted by atomic mass is 32.2. The number of rotatable bonds is 6. The number of aryl methyl sites for hydroxylation is 1. The maximum atomic E-state index is 5.39. The predicted octanol–water partition coefficient (Wildman–Crippen LogP) is 4.01. The fourth-order valence-electron chi connectivity index (χ4n) is 2.65. The van der Waals surface area contributed by atoms with E-state index in [1.807, 2.05) is 43.3 Å². The molecule has 0 N–H and O–H groups in total. The SMILES string of the molecule is CCn1c(SCc2nc(-c3ccc(C)cc3)no2)nnc1-c1ccncc1. The molecule has 8 heteroatoms. The predicted molar refractivity (Wildman–Crippen MR) is 103 cm³/mol. The lowest BCUT2D eigenvalue weighted by Crippen LogP contribution is -2.00. The van der Waals surface area contributed by atoms with Crippen LogP contribution in [0.1, 0.15) is 18.4 Å². The van der Waals surface area contributed by atoms with Crippen LogP contribution in [0.3, 0.4) is 0 Å². The van der Waals surface area contributed by atoms with Crippen molar-refractivity contribution in [3.63, 3.8) is 0 Å². The molecule has 27 heavy (non-hydrogen) atoms. The summed E-state index contributed by atoms with van der Waals surface area (Å²) < 4.78 is 7.46. The van der Waals surface area contributed by atoms with E-state index in [0.717, 1.165) is 28.7 Å². The molecule has 4 rings (SSSR count). The monoisotopic (exact) mass is 378 g/mol. The van der Waals surface area contributed by atoms with Gasteiger partial charge in [0, 0.05) is 30.1 Å². The molecule has 0 aliphatic rings. The van der Waals surface area contributed by atoms with Crippen molar-refractivity contribution in [3.05, 3.63) is 60.2 Å². The Bertz CT molecular complexity index is 1030.